The van der Waals surface area contributed by atoms with Gasteiger partial charge in [-0.2, -0.15) is 0 Å². The Bertz CT molecular complexity index is 571. The minimum absolute atomic E-state index is 0.0273. The lowest BCUT2D eigenvalue weighted by Gasteiger charge is -2.23. The van der Waals surface area contributed by atoms with Crippen molar-refractivity contribution < 1.29 is 24.9 Å². The van der Waals surface area contributed by atoms with E-state index in [-0.39, 0.29) is 12.5 Å². The normalized spacial score (nSPS) is 25.4. The summed E-state index contributed by atoms with van der Waals surface area (Å²) in [5.41, 5.74) is 1.18. The van der Waals surface area contributed by atoms with Crippen LogP contribution < -0.4 is 0 Å². The van der Waals surface area contributed by atoms with Crippen molar-refractivity contribution in [1.29, 1.82) is 0 Å². The smallest absolute Gasteiger partial charge is 0.253 e. The summed E-state index contributed by atoms with van der Waals surface area (Å²) in [6.07, 6.45) is 0.128. The van der Waals surface area contributed by atoms with Crippen molar-refractivity contribution in [1.82, 2.24) is 4.90 Å². The van der Waals surface area contributed by atoms with Crippen LogP contribution in [0.4, 0.5) is 0 Å². The molecule has 0 unspecified atom stereocenters. The monoisotopic (exact) mass is 365 g/mol. The van der Waals surface area contributed by atoms with E-state index < -0.39 is 24.4 Å². The molecule has 26 heavy (non-hydrogen) atoms. The quantitative estimate of drug-likeness (QED) is 0.622. The van der Waals surface area contributed by atoms with E-state index >= 15 is 0 Å². The Kier molecular flexibility index (Phi) is 8.03. The first-order valence-corrected chi connectivity index (χ1v) is 9.55. The lowest BCUT2D eigenvalue weighted by molar-refractivity contribution is -0.0227. The van der Waals surface area contributed by atoms with Crippen LogP contribution >= 0.6 is 0 Å². The summed E-state index contributed by atoms with van der Waals surface area (Å²) in [5.74, 6) is -0.0273. The van der Waals surface area contributed by atoms with Crippen molar-refractivity contribution in [3.8, 4) is 0 Å². The van der Waals surface area contributed by atoms with Gasteiger partial charge in [0.15, 0.2) is 0 Å². The first kappa shape index (κ1) is 20.8. The molecular weight excluding hydrogens is 334 g/mol. The van der Waals surface area contributed by atoms with Crippen molar-refractivity contribution >= 4 is 5.91 Å². The zero-order valence-electron chi connectivity index (χ0n) is 15.7. The fraction of sp³-hybridized carbons (Fsp3) is 0.650. The minimum atomic E-state index is -1.14. The van der Waals surface area contributed by atoms with Crippen molar-refractivity contribution in [2.24, 2.45) is 0 Å². The Morgan fingerprint density at radius 1 is 1.12 bits per heavy atom. The number of nitrogens with zero attached hydrogens (tertiary/aromatic N) is 1. The fourth-order valence-corrected chi connectivity index (χ4v) is 3.22. The highest BCUT2D eigenvalue weighted by Gasteiger charge is 2.43. The van der Waals surface area contributed by atoms with Crippen LogP contribution in [0.1, 0.15) is 61.6 Å². The third-order valence-electron chi connectivity index (χ3n) is 4.85. The predicted octanol–water partition coefficient (Wildman–Crippen LogP) is 1.88. The van der Waals surface area contributed by atoms with Gasteiger partial charge in [0.1, 0.15) is 24.4 Å². The van der Waals surface area contributed by atoms with Crippen LogP contribution in [0.3, 0.4) is 0 Å². The summed E-state index contributed by atoms with van der Waals surface area (Å²) in [6.45, 7) is 5.30. The zero-order valence-corrected chi connectivity index (χ0v) is 15.7. The zero-order chi connectivity index (χ0) is 19.1. The number of carbonyl (C=O) groups is 1. The van der Waals surface area contributed by atoms with E-state index in [0.29, 0.717) is 11.1 Å². The maximum absolute atomic E-state index is 12.9. The van der Waals surface area contributed by atoms with Crippen LogP contribution in [0, 0.1) is 0 Å². The summed E-state index contributed by atoms with van der Waals surface area (Å²) >= 11 is 0. The molecule has 1 saturated heterocycles. The second-order valence-electron chi connectivity index (χ2n) is 6.88. The highest BCUT2D eigenvalue weighted by molar-refractivity contribution is 5.94. The number of unbranched alkanes of at least 4 members (excludes halogenated alkanes) is 2. The van der Waals surface area contributed by atoms with Crippen LogP contribution in [0.25, 0.3) is 0 Å². The first-order valence-electron chi connectivity index (χ1n) is 9.55. The standard InChI is InChI=1S/C20H31NO5/c1-3-5-10-21(11-6-4-2)20(25)15-9-7-8-14(12-15)19-18(24)17(23)16(13-22)26-19/h7-9,12,16-19,22-24H,3-6,10-11,13H2,1-2H3/t16-,17-,18-,19+/m1/s1. The van der Waals surface area contributed by atoms with Crippen molar-refractivity contribution in [2.45, 2.75) is 63.9 Å². The van der Waals surface area contributed by atoms with E-state index in [1.54, 1.807) is 24.3 Å². The summed E-state index contributed by atoms with van der Waals surface area (Å²) in [6, 6.07) is 7.00. The maximum atomic E-state index is 12.9. The molecule has 1 aromatic rings. The Balaban J connectivity index is 2.17. The number of benzene rings is 1. The molecule has 1 aliphatic heterocycles. The van der Waals surface area contributed by atoms with Gasteiger partial charge in [0.2, 0.25) is 0 Å². The molecule has 0 bridgehead atoms. The number of hydrogen-bond donors (Lipinski definition) is 3. The van der Waals surface area contributed by atoms with Crippen molar-refractivity contribution in [3.05, 3.63) is 35.4 Å². The Morgan fingerprint density at radius 3 is 2.31 bits per heavy atom. The maximum Gasteiger partial charge on any atom is 0.253 e. The molecular formula is C20H31NO5. The topological polar surface area (TPSA) is 90.2 Å². The van der Waals surface area contributed by atoms with Crippen LogP contribution in [0.2, 0.25) is 0 Å². The molecule has 1 aromatic carbocycles. The van der Waals surface area contributed by atoms with Gasteiger partial charge in [-0.15, -0.1) is 0 Å². The number of ether oxygens (including phenoxy) is 1. The molecule has 2 rings (SSSR count). The van der Waals surface area contributed by atoms with Gasteiger partial charge in [0.05, 0.1) is 6.61 Å². The summed E-state index contributed by atoms with van der Waals surface area (Å²) < 4.78 is 5.57. The third kappa shape index (κ3) is 4.82. The van der Waals surface area contributed by atoms with Gasteiger partial charge in [0, 0.05) is 18.7 Å². The largest absolute Gasteiger partial charge is 0.394 e. The molecule has 0 spiro atoms. The SMILES string of the molecule is CCCCN(CCCC)C(=O)c1cccc([C@@H]2O[C@H](CO)[C@@H](O)[C@H]2O)c1. The summed E-state index contributed by atoms with van der Waals surface area (Å²) in [7, 11) is 0. The number of carbonyl (C=O) groups excluding carboxylic acids is 1. The lowest BCUT2D eigenvalue weighted by atomic mass is 9.99. The number of rotatable bonds is 9. The van der Waals surface area contributed by atoms with E-state index in [1.165, 1.54) is 0 Å². The molecule has 1 fully saturated rings. The molecule has 6 nitrogen and oxygen atoms in total. The van der Waals surface area contributed by atoms with Gasteiger partial charge in [-0.25, -0.2) is 0 Å². The van der Waals surface area contributed by atoms with Gasteiger partial charge >= 0.3 is 0 Å². The highest BCUT2D eigenvalue weighted by Crippen LogP contribution is 2.33. The van der Waals surface area contributed by atoms with E-state index in [4.69, 9.17) is 4.74 Å². The van der Waals surface area contributed by atoms with Crippen molar-refractivity contribution in [2.75, 3.05) is 19.7 Å². The number of hydrogen-bond acceptors (Lipinski definition) is 5. The van der Waals surface area contributed by atoms with Gasteiger partial charge in [-0.05, 0) is 30.5 Å². The second kappa shape index (κ2) is 10.0. The Hall–Kier alpha value is -1.47. The van der Waals surface area contributed by atoms with E-state index in [9.17, 15) is 20.1 Å². The highest BCUT2D eigenvalue weighted by atomic mass is 16.6. The minimum Gasteiger partial charge on any atom is -0.394 e. The molecule has 1 aliphatic rings. The third-order valence-corrected chi connectivity index (χ3v) is 4.85. The Morgan fingerprint density at radius 2 is 1.77 bits per heavy atom. The van der Waals surface area contributed by atoms with Gasteiger partial charge in [0.25, 0.3) is 5.91 Å². The average molecular weight is 365 g/mol. The number of aliphatic hydroxyl groups is 3. The fourth-order valence-electron chi connectivity index (χ4n) is 3.22. The molecule has 146 valence electrons. The van der Waals surface area contributed by atoms with Crippen LogP contribution in [-0.2, 0) is 4.74 Å². The van der Waals surface area contributed by atoms with Crippen LogP contribution in [0.5, 0.6) is 0 Å². The molecule has 0 radical (unpaired) electrons. The lowest BCUT2D eigenvalue weighted by Crippen LogP contribution is -2.33. The molecule has 0 aliphatic carbocycles. The van der Waals surface area contributed by atoms with E-state index in [2.05, 4.69) is 13.8 Å². The summed E-state index contributed by atoms with van der Waals surface area (Å²) in [4.78, 5) is 14.8. The van der Waals surface area contributed by atoms with E-state index in [0.717, 1.165) is 38.8 Å². The average Bonchev–Trinajstić information content (AvgIpc) is 2.96. The van der Waals surface area contributed by atoms with Gasteiger partial charge < -0.3 is 25.0 Å². The van der Waals surface area contributed by atoms with Gasteiger partial charge in [-0.1, -0.05) is 38.8 Å². The number of amides is 1. The molecule has 1 amide bonds. The molecule has 1 heterocycles. The summed E-state index contributed by atoms with van der Waals surface area (Å²) in [5, 5.41) is 29.4. The second-order valence-corrected chi connectivity index (χ2v) is 6.88. The molecule has 6 heteroatoms. The predicted molar refractivity (Wildman–Crippen MR) is 98.9 cm³/mol. The molecule has 3 N–H and O–H groups in total. The molecule has 0 aromatic heterocycles. The first-order chi connectivity index (χ1) is 12.5. The molecule has 4 atom stereocenters. The number of aliphatic hydroxyl groups excluding tert-OH is 3. The Labute approximate surface area is 155 Å². The molecule has 0 saturated carbocycles. The van der Waals surface area contributed by atoms with Crippen molar-refractivity contribution in [3.63, 3.8) is 0 Å². The van der Waals surface area contributed by atoms with Gasteiger partial charge in [-0.3, -0.25) is 4.79 Å². The van der Waals surface area contributed by atoms with Crippen LogP contribution in [0.15, 0.2) is 24.3 Å². The van der Waals surface area contributed by atoms with E-state index in [1.807, 2.05) is 4.90 Å². The van der Waals surface area contributed by atoms with Crippen LogP contribution in [-0.4, -0.2) is 64.1 Å².